The Bertz CT molecular complexity index is 252. The summed E-state index contributed by atoms with van der Waals surface area (Å²) >= 11 is 0. The number of amides is 2. The van der Waals surface area contributed by atoms with Crippen LogP contribution in [-0.2, 0) is 0 Å². The standard InChI is InChI=1S/C10H21N3O4/c1-2-3-4-11-10(17)13-7(6-14)9(16)8(15)5-12-13/h7-9,12,14-16H,2-6H2,1H3,(H,11,17)/t7-,8-,9-/m1/s1. The number of aliphatic hydroxyl groups is 3. The first-order chi connectivity index (χ1) is 8.11. The molecule has 0 aromatic carbocycles. The Hall–Kier alpha value is -0.890. The van der Waals surface area contributed by atoms with Gasteiger partial charge in [0, 0.05) is 13.1 Å². The Balaban J connectivity index is 2.53. The first-order valence-electron chi connectivity index (χ1n) is 5.89. The molecule has 0 unspecified atom stereocenters. The van der Waals surface area contributed by atoms with E-state index >= 15 is 0 Å². The zero-order valence-electron chi connectivity index (χ0n) is 9.96. The number of β-amino-alcohol motifs (C(OH)–C–C–N with tert-alkyl or cyclic N) is 1. The molecule has 7 heteroatoms. The molecule has 0 bridgehead atoms. The van der Waals surface area contributed by atoms with Crippen LogP contribution in [0.3, 0.4) is 0 Å². The number of urea groups is 1. The van der Waals surface area contributed by atoms with Crippen molar-refractivity contribution in [2.24, 2.45) is 0 Å². The molecule has 0 spiro atoms. The summed E-state index contributed by atoms with van der Waals surface area (Å²) < 4.78 is 0. The van der Waals surface area contributed by atoms with Crippen LogP contribution in [0.25, 0.3) is 0 Å². The van der Waals surface area contributed by atoms with E-state index in [1.807, 2.05) is 6.92 Å². The fourth-order valence-electron chi connectivity index (χ4n) is 1.71. The van der Waals surface area contributed by atoms with Crippen LogP contribution in [-0.4, -0.2) is 64.3 Å². The Labute approximate surface area is 100 Å². The molecule has 0 aliphatic carbocycles. The van der Waals surface area contributed by atoms with Gasteiger partial charge in [0.1, 0.15) is 12.1 Å². The maximum Gasteiger partial charge on any atom is 0.332 e. The first-order valence-corrected chi connectivity index (χ1v) is 5.89. The van der Waals surface area contributed by atoms with E-state index in [1.54, 1.807) is 0 Å². The summed E-state index contributed by atoms with van der Waals surface area (Å²) in [5, 5.41) is 32.0. The van der Waals surface area contributed by atoms with Gasteiger partial charge in [0.15, 0.2) is 0 Å². The van der Waals surface area contributed by atoms with E-state index in [4.69, 9.17) is 5.11 Å². The van der Waals surface area contributed by atoms with Gasteiger partial charge in [0.05, 0.1) is 12.7 Å². The highest BCUT2D eigenvalue weighted by atomic mass is 16.3. The molecule has 0 aromatic rings. The van der Waals surface area contributed by atoms with Gasteiger partial charge in [-0.15, -0.1) is 0 Å². The summed E-state index contributed by atoms with van der Waals surface area (Å²) in [5.74, 6) is 0. The van der Waals surface area contributed by atoms with E-state index in [0.29, 0.717) is 6.54 Å². The quantitative estimate of drug-likeness (QED) is 0.385. The number of aliphatic hydroxyl groups excluding tert-OH is 3. The lowest BCUT2D eigenvalue weighted by molar-refractivity contribution is -0.0901. The van der Waals surface area contributed by atoms with Gasteiger partial charge < -0.3 is 20.6 Å². The highest BCUT2D eigenvalue weighted by Gasteiger charge is 2.38. The molecule has 2 amide bonds. The Morgan fingerprint density at radius 1 is 1.53 bits per heavy atom. The monoisotopic (exact) mass is 247 g/mol. The van der Waals surface area contributed by atoms with Gasteiger partial charge in [-0.3, -0.25) is 5.01 Å². The van der Waals surface area contributed by atoms with E-state index < -0.39 is 30.9 Å². The minimum Gasteiger partial charge on any atom is -0.394 e. The van der Waals surface area contributed by atoms with E-state index in [1.165, 1.54) is 0 Å². The normalized spacial score (nSPS) is 29.2. The van der Waals surface area contributed by atoms with Crippen LogP contribution in [0.5, 0.6) is 0 Å². The third kappa shape index (κ3) is 3.53. The van der Waals surface area contributed by atoms with E-state index in [0.717, 1.165) is 17.9 Å². The van der Waals surface area contributed by atoms with Crippen LogP contribution >= 0.6 is 0 Å². The Morgan fingerprint density at radius 3 is 2.82 bits per heavy atom. The fourth-order valence-corrected chi connectivity index (χ4v) is 1.71. The highest BCUT2D eigenvalue weighted by molar-refractivity contribution is 5.74. The smallest absolute Gasteiger partial charge is 0.332 e. The number of carbonyl (C=O) groups is 1. The number of nitrogens with zero attached hydrogens (tertiary/aromatic N) is 1. The lowest BCUT2D eigenvalue weighted by Crippen LogP contribution is -2.67. The van der Waals surface area contributed by atoms with Crippen LogP contribution in [0.1, 0.15) is 19.8 Å². The largest absolute Gasteiger partial charge is 0.394 e. The summed E-state index contributed by atoms with van der Waals surface area (Å²) in [7, 11) is 0. The van der Waals surface area contributed by atoms with Crippen molar-refractivity contribution in [3.63, 3.8) is 0 Å². The summed E-state index contributed by atoms with van der Waals surface area (Å²) in [6, 6.07) is -1.23. The van der Waals surface area contributed by atoms with Crippen molar-refractivity contribution in [2.45, 2.75) is 38.0 Å². The molecule has 5 N–H and O–H groups in total. The SMILES string of the molecule is CCCCNC(=O)N1NC[C@@H](O)[C@H](O)[C@H]1CO. The van der Waals surface area contributed by atoms with E-state index in [-0.39, 0.29) is 6.54 Å². The van der Waals surface area contributed by atoms with Crippen LogP contribution in [0.4, 0.5) is 4.79 Å². The van der Waals surface area contributed by atoms with Crippen molar-refractivity contribution >= 4 is 6.03 Å². The van der Waals surface area contributed by atoms with E-state index in [9.17, 15) is 15.0 Å². The van der Waals surface area contributed by atoms with Gasteiger partial charge in [-0.05, 0) is 6.42 Å². The molecule has 1 aliphatic rings. The second-order valence-corrected chi connectivity index (χ2v) is 4.13. The van der Waals surface area contributed by atoms with Gasteiger partial charge in [-0.25, -0.2) is 10.2 Å². The third-order valence-corrected chi connectivity index (χ3v) is 2.80. The van der Waals surface area contributed by atoms with Crippen molar-refractivity contribution in [1.82, 2.24) is 15.8 Å². The number of unbranched alkanes of at least 4 members (excludes halogenated alkanes) is 1. The van der Waals surface area contributed by atoms with Crippen molar-refractivity contribution < 1.29 is 20.1 Å². The van der Waals surface area contributed by atoms with Gasteiger partial charge in [-0.2, -0.15) is 0 Å². The Kier molecular flexibility index (Phi) is 5.63. The topological polar surface area (TPSA) is 105 Å². The summed E-state index contributed by atoms with van der Waals surface area (Å²) in [5.41, 5.74) is 2.68. The summed E-state index contributed by atoms with van der Waals surface area (Å²) in [6.07, 6.45) is -0.280. The number of nitrogens with one attached hydrogen (secondary N) is 2. The number of hydrogen-bond donors (Lipinski definition) is 5. The predicted molar refractivity (Wildman–Crippen MR) is 61.0 cm³/mol. The van der Waals surface area contributed by atoms with Gasteiger partial charge in [0.2, 0.25) is 0 Å². The predicted octanol–water partition coefficient (Wildman–Crippen LogP) is -1.60. The third-order valence-electron chi connectivity index (χ3n) is 2.80. The minimum absolute atomic E-state index is 0.0822. The molecule has 0 aromatic heterocycles. The lowest BCUT2D eigenvalue weighted by atomic mass is 10.0. The molecule has 7 nitrogen and oxygen atoms in total. The van der Waals surface area contributed by atoms with Crippen molar-refractivity contribution in [3.05, 3.63) is 0 Å². The molecule has 1 fully saturated rings. The molecule has 17 heavy (non-hydrogen) atoms. The molecule has 1 heterocycles. The number of hydrazine groups is 1. The zero-order valence-corrected chi connectivity index (χ0v) is 9.96. The van der Waals surface area contributed by atoms with Crippen molar-refractivity contribution in [3.8, 4) is 0 Å². The van der Waals surface area contributed by atoms with E-state index in [2.05, 4.69) is 10.7 Å². The number of hydrogen-bond acceptors (Lipinski definition) is 5. The molecular formula is C10H21N3O4. The average molecular weight is 247 g/mol. The van der Waals surface area contributed by atoms with Crippen LogP contribution in [0, 0.1) is 0 Å². The maximum absolute atomic E-state index is 11.7. The number of rotatable bonds is 4. The molecule has 100 valence electrons. The first kappa shape index (κ1) is 14.2. The number of carbonyl (C=O) groups excluding carboxylic acids is 1. The van der Waals surface area contributed by atoms with Crippen LogP contribution < -0.4 is 10.7 Å². The van der Waals surface area contributed by atoms with Crippen molar-refractivity contribution in [2.75, 3.05) is 19.7 Å². The molecular weight excluding hydrogens is 226 g/mol. The van der Waals surface area contributed by atoms with Crippen LogP contribution in [0.15, 0.2) is 0 Å². The maximum atomic E-state index is 11.7. The molecule has 0 radical (unpaired) electrons. The molecule has 1 rings (SSSR count). The molecule has 1 aliphatic heterocycles. The highest BCUT2D eigenvalue weighted by Crippen LogP contribution is 2.11. The Morgan fingerprint density at radius 2 is 2.24 bits per heavy atom. The summed E-state index contributed by atoms with van der Waals surface area (Å²) in [6.45, 7) is 2.23. The van der Waals surface area contributed by atoms with Gasteiger partial charge in [-0.1, -0.05) is 13.3 Å². The molecule has 3 atom stereocenters. The van der Waals surface area contributed by atoms with Crippen molar-refractivity contribution in [1.29, 1.82) is 0 Å². The summed E-state index contributed by atoms with van der Waals surface area (Å²) in [4.78, 5) is 11.7. The molecule has 1 saturated heterocycles. The lowest BCUT2D eigenvalue weighted by Gasteiger charge is -2.40. The van der Waals surface area contributed by atoms with Gasteiger partial charge >= 0.3 is 6.03 Å². The zero-order chi connectivity index (χ0) is 12.8. The van der Waals surface area contributed by atoms with Gasteiger partial charge in [0.25, 0.3) is 0 Å². The second-order valence-electron chi connectivity index (χ2n) is 4.13. The minimum atomic E-state index is -1.14. The average Bonchev–Trinajstić information content (AvgIpc) is 2.32. The van der Waals surface area contributed by atoms with Crippen LogP contribution in [0.2, 0.25) is 0 Å². The fraction of sp³-hybridized carbons (Fsp3) is 0.900. The molecule has 0 saturated carbocycles. The second kappa shape index (κ2) is 6.75.